The summed E-state index contributed by atoms with van der Waals surface area (Å²) in [6.07, 6.45) is 5.15. The van der Waals surface area contributed by atoms with Gasteiger partial charge in [0.05, 0.1) is 17.9 Å². The molecule has 1 aromatic carbocycles. The van der Waals surface area contributed by atoms with E-state index < -0.39 is 0 Å². The number of nitrogens with zero attached hydrogens (tertiary/aromatic N) is 3. The van der Waals surface area contributed by atoms with Gasteiger partial charge in [0, 0.05) is 24.6 Å². The summed E-state index contributed by atoms with van der Waals surface area (Å²) in [5.41, 5.74) is 1.96. The van der Waals surface area contributed by atoms with Crippen molar-refractivity contribution in [3.8, 4) is 5.75 Å². The number of aromatic nitrogens is 2. The van der Waals surface area contributed by atoms with Crippen molar-refractivity contribution in [1.29, 1.82) is 0 Å². The number of hydrogen-bond donors (Lipinski definition) is 1. The molecule has 2 rings (SSSR count). The summed E-state index contributed by atoms with van der Waals surface area (Å²) in [6.45, 7) is 3.66. The minimum Gasteiger partial charge on any atom is -0.492 e. The Morgan fingerprint density at radius 3 is 2.57 bits per heavy atom. The van der Waals surface area contributed by atoms with E-state index in [2.05, 4.69) is 27.1 Å². The lowest BCUT2D eigenvalue weighted by Gasteiger charge is -2.15. The Labute approximate surface area is 126 Å². The van der Waals surface area contributed by atoms with Gasteiger partial charge >= 0.3 is 0 Å². The lowest BCUT2D eigenvalue weighted by atomic mass is 10.2. The highest BCUT2D eigenvalue weighted by atomic mass is 16.5. The molecule has 5 heteroatoms. The maximum absolute atomic E-state index is 5.67. The first kappa shape index (κ1) is 15.3. The standard InChI is InChI=1S/C16H22N4O/c1-13(16-12-17-8-9-18-16)19-14-4-6-15(7-5-14)21-11-10-20(2)3/h4-9,12-13,19H,10-11H2,1-3H3. The van der Waals surface area contributed by atoms with Gasteiger partial charge in [-0.3, -0.25) is 9.97 Å². The van der Waals surface area contributed by atoms with Crippen molar-refractivity contribution in [1.82, 2.24) is 14.9 Å². The summed E-state index contributed by atoms with van der Waals surface area (Å²) in [7, 11) is 4.06. The molecular formula is C16H22N4O. The van der Waals surface area contributed by atoms with E-state index in [-0.39, 0.29) is 6.04 Å². The molecule has 5 nitrogen and oxygen atoms in total. The molecule has 0 aliphatic rings. The molecule has 1 aromatic heterocycles. The van der Waals surface area contributed by atoms with E-state index in [9.17, 15) is 0 Å². The number of benzene rings is 1. The van der Waals surface area contributed by atoms with E-state index in [1.807, 2.05) is 38.4 Å². The Morgan fingerprint density at radius 1 is 1.19 bits per heavy atom. The lowest BCUT2D eigenvalue weighted by molar-refractivity contribution is 0.261. The molecule has 0 fully saturated rings. The summed E-state index contributed by atoms with van der Waals surface area (Å²) in [4.78, 5) is 10.5. The van der Waals surface area contributed by atoms with Crippen LogP contribution in [0.25, 0.3) is 0 Å². The number of nitrogens with one attached hydrogen (secondary N) is 1. The highest BCUT2D eigenvalue weighted by Gasteiger charge is 2.06. The van der Waals surface area contributed by atoms with Gasteiger partial charge in [-0.25, -0.2) is 0 Å². The van der Waals surface area contributed by atoms with Crippen molar-refractivity contribution in [3.05, 3.63) is 48.5 Å². The van der Waals surface area contributed by atoms with Gasteiger partial charge in [0.25, 0.3) is 0 Å². The second-order valence-corrected chi connectivity index (χ2v) is 5.17. The molecule has 2 aromatic rings. The molecule has 0 radical (unpaired) electrons. The minimum absolute atomic E-state index is 0.110. The predicted octanol–water partition coefficient (Wildman–Crippen LogP) is 2.59. The van der Waals surface area contributed by atoms with E-state index in [1.165, 1.54) is 0 Å². The van der Waals surface area contributed by atoms with E-state index in [4.69, 9.17) is 4.74 Å². The van der Waals surface area contributed by atoms with Gasteiger partial charge < -0.3 is 15.0 Å². The second kappa shape index (κ2) is 7.59. The zero-order valence-corrected chi connectivity index (χ0v) is 12.8. The van der Waals surface area contributed by atoms with E-state index in [0.29, 0.717) is 6.61 Å². The van der Waals surface area contributed by atoms with Crippen LogP contribution in [0.3, 0.4) is 0 Å². The van der Waals surface area contributed by atoms with Crippen LogP contribution in [0.2, 0.25) is 0 Å². The van der Waals surface area contributed by atoms with Gasteiger partial charge in [-0.05, 0) is 45.3 Å². The highest BCUT2D eigenvalue weighted by molar-refractivity contribution is 5.47. The van der Waals surface area contributed by atoms with Gasteiger partial charge in [-0.15, -0.1) is 0 Å². The SMILES string of the molecule is CC(Nc1ccc(OCCN(C)C)cc1)c1cnccn1. The zero-order chi connectivity index (χ0) is 15.1. The topological polar surface area (TPSA) is 50.3 Å². The fourth-order valence-electron chi connectivity index (χ4n) is 1.85. The summed E-state index contributed by atoms with van der Waals surface area (Å²) in [5, 5.41) is 3.39. The van der Waals surface area contributed by atoms with Crippen molar-refractivity contribution in [2.24, 2.45) is 0 Å². The highest BCUT2D eigenvalue weighted by Crippen LogP contribution is 2.20. The van der Waals surface area contributed by atoms with Crippen LogP contribution in [0.5, 0.6) is 5.75 Å². The third kappa shape index (κ3) is 5.04. The van der Waals surface area contributed by atoms with Crippen LogP contribution in [-0.4, -0.2) is 42.1 Å². The molecule has 0 bridgehead atoms. The number of ether oxygens (including phenoxy) is 1. The van der Waals surface area contributed by atoms with Gasteiger partial charge in [0.15, 0.2) is 0 Å². The molecule has 0 aliphatic carbocycles. The molecule has 0 saturated carbocycles. The van der Waals surface area contributed by atoms with Crippen molar-refractivity contribution >= 4 is 5.69 Å². The molecule has 1 unspecified atom stereocenters. The van der Waals surface area contributed by atoms with Crippen LogP contribution in [0.15, 0.2) is 42.9 Å². The Bertz CT molecular complexity index is 528. The van der Waals surface area contributed by atoms with E-state index in [1.54, 1.807) is 18.6 Å². The smallest absolute Gasteiger partial charge is 0.119 e. The van der Waals surface area contributed by atoms with Crippen LogP contribution < -0.4 is 10.1 Å². The largest absolute Gasteiger partial charge is 0.492 e. The maximum atomic E-state index is 5.67. The zero-order valence-electron chi connectivity index (χ0n) is 12.8. The minimum atomic E-state index is 0.110. The summed E-state index contributed by atoms with van der Waals surface area (Å²) in [5.74, 6) is 0.884. The summed E-state index contributed by atoms with van der Waals surface area (Å²) >= 11 is 0. The van der Waals surface area contributed by atoms with E-state index >= 15 is 0 Å². The first-order valence-corrected chi connectivity index (χ1v) is 7.05. The molecule has 112 valence electrons. The third-order valence-electron chi connectivity index (χ3n) is 3.07. The van der Waals surface area contributed by atoms with Crippen LogP contribution in [0.4, 0.5) is 5.69 Å². The normalized spacial score (nSPS) is 12.2. The van der Waals surface area contributed by atoms with Crippen LogP contribution >= 0.6 is 0 Å². The number of hydrogen-bond acceptors (Lipinski definition) is 5. The Kier molecular flexibility index (Phi) is 5.51. The monoisotopic (exact) mass is 286 g/mol. The lowest BCUT2D eigenvalue weighted by Crippen LogP contribution is -2.19. The number of likely N-dealkylation sites (N-methyl/N-ethyl adjacent to an activating group) is 1. The fraction of sp³-hybridized carbons (Fsp3) is 0.375. The van der Waals surface area contributed by atoms with Crippen molar-refractivity contribution in [2.45, 2.75) is 13.0 Å². The van der Waals surface area contributed by atoms with Gasteiger partial charge in [0.2, 0.25) is 0 Å². The second-order valence-electron chi connectivity index (χ2n) is 5.17. The summed E-state index contributed by atoms with van der Waals surface area (Å²) in [6, 6.07) is 8.08. The average molecular weight is 286 g/mol. The molecule has 0 aliphatic heterocycles. The van der Waals surface area contributed by atoms with Crippen LogP contribution in [-0.2, 0) is 0 Å². The molecule has 21 heavy (non-hydrogen) atoms. The molecular weight excluding hydrogens is 264 g/mol. The Balaban J connectivity index is 1.87. The van der Waals surface area contributed by atoms with Gasteiger partial charge in [-0.1, -0.05) is 0 Å². The van der Waals surface area contributed by atoms with Gasteiger partial charge in [-0.2, -0.15) is 0 Å². The maximum Gasteiger partial charge on any atom is 0.119 e. The number of anilines is 1. The summed E-state index contributed by atoms with van der Waals surface area (Å²) < 4.78 is 5.67. The van der Waals surface area contributed by atoms with Crippen molar-refractivity contribution < 1.29 is 4.74 Å². The molecule has 1 atom stereocenters. The predicted molar refractivity (Wildman–Crippen MR) is 84.6 cm³/mol. The first-order chi connectivity index (χ1) is 10.1. The quantitative estimate of drug-likeness (QED) is 0.848. The van der Waals surface area contributed by atoms with Crippen molar-refractivity contribution in [2.75, 3.05) is 32.6 Å². The molecule has 1 N–H and O–H groups in total. The van der Waals surface area contributed by atoms with Crippen molar-refractivity contribution in [3.63, 3.8) is 0 Å². The van der Waals surface area contributed by atoms with Crippen LogP contribution in [0.1, 0.15) is 18.7 Å². The fourth-order valence-corrected chi connectivity index (χ4v) is 1.85. The molecule has 0 saturated heterocycles. The third-order valence-corrected chi connectivity index (χ3v) is 3.07. The number of rotatable bonds is 7. The molecule has 0 amide bonds. The molecule has 0 spiro atoms. The average Bonchev–Trinajstić information content (AvgIpc) is 2.49. The van der Waals surface area contributed by atoms with Crippen LogP contribution in [0, 0.1) is 0 Å². The van der Waals surface area contributed by atoms with E-state index in [0.717, 1.165) is 23.7 Å². The molecule has 1 heterocycles. The van der Waals surface area contributed by atoms with Gasteiger partial charge in [0.1, 0.15) is 12.4 Å². The first-order valence-electron chi connectivity index (χ1n) is 7.05. The Morgan fingerprint density at radius 2 is 1.95 bits per heavy atom. The Hall–Kier alpha value is -2.14.